The molecular weight excluding hydrogens is 376 g/mol. The second kappa shape index (κ2) is 7.15. The van der Waals surface area contributed by atoms with E-state index < -0.39 is 8.32 Å². The highest BCUT2D eigenvalue weighted by molar-refractivity contribution is 6.74. The number of rotatable bonds is 4. The maximum atomic E-state index is 9.97. The highest BCUT2D eigenvalue weighted by atomic mass is 35.5. The van der Waals surface area contributed by atoms with Crippen LogP contribution in [0, 0.1) is 11.3 Å². The molecule has 1 atom stereocenters. The van der Waals surface area contributed by atoms with E-state index in [2.05, 4.69) is 55.4 Å². The Hall–Kier alpha value is -2.07. The van der Waals surface area contributed by atoms with Gasteiger partial charge in [0.05, 0.1) is 29.9 Å². The molecule has 1 aliphatic heterocycles. The standard InChI is InChI=1S/C20H25ClN4OSi/c1-20(2,3)27(4,5)26-12-17-14(10-22)18(13-8-6-7-9-16(13)21)15-11-23-25-19(15)24-17/h6-9,11,18H,12H2,1-5H3,(H2,23,24,25). The molecule has 2 aromatic rings. The van der Waals surface area contributed by atoms with Crippen LogP contribution in [0.4, 0.5) is 5.82 Å². The Morgan fingerprint density at radius 1 is 1.26 bits per heavy atom. The Bertz CT molecular complexity index is 921. The SMILES string of the molecule is CC(C)(C)[Si](C)(C)OCC1=C(C#N)C(c2ccccc2Cl)c2c[nH]nc2N1. The molecule has 0 saturated carbocycles. The van der Waals surface area contributed by atoms with E-state index in [1.807, 2.05) is 30.5 Å². The van der Waals surface area contributed by atoms with E-state index >= 15 is 0 Å². The number of H-pyrrole nitrogens is 1. The first-order valence-electron chi connectivity index (χ1n) is 8.98. The topological polar surface area (TPSA) is 73.7 Å². The summed E-state index contributed by atoms with van der Waals surface area (Å²) < 4.78 is 6.37. The van der Waals surface area contributed by atoms with Crippen molar-refractivity contribution in [2.45, 2.75) is 44.8 Å². The van der Waals surface area contributed by atoms with Crippen LogP contribution in [0.15, 0.2) is 41.7 Å². The zero-order valence-electron chi connectivity index (χ0n) is 16.4. The van der Waals surface area contributed by atoms with Crippen molar-refractivity contribution in [1.29, 1.82) is 5.26 Å². The van der Waals surface area contributed by atoms with E-state index in [-0.39, 0.29) is 11.0 Å². The lowest BCUT2D eigenvalue weighted by Gasteiger charge is -2.37. The number of hydrogen-bond acceptors (Lipinski definition) is 4. The Morgan fingerprint density at radius 3 is 2.59 bits per heavy atom. The number of aromatic amines is 1. The Labute approximate surface area is 166 Å². The van der Waals surface area contributed by atoms with E-state index in [0.29, 0.717) is 23.0 Å². The number of nitrogens with zero attached hydrogens (tertiary/aromatic N) is 2. The fourth-order valence-electron chi connectivity index (χ4n) is 2.91. The zero-order valence-corrected chi connectivity index (χ0v) is 18.1. The van der Waals surface area contributed by atoms with Crippen LogP contribution in [-0.2, 0) is 4.43 Å². The molecule has 0 fully saturated rings. The predicted molar refractivity (Wildman–Crippen MR) is 111 cm³/mol. The van der Waals surface area contributed by atoms with Gasteiger partial charge >= 0.3 is 0 Å². The first kappa shape index (κ1) is 19.7. The van der Waals surface area contributed by atoms with Gasteiger partial charge in [0.2, 0.25) is 0 Å². The van der Waals surface area contributed by atoms with Gasteiger partial charge in [-0.2, -0.15) is 10.4 Å². The normalized spacial score (nSPS) is 17.3. The van der Waals surface area contributed by atoms with Crippen LogP contribution in [0.2, 0.25) is 23.2 Å². The smallest absolute Gasteiger partial charge is 0.192 e. The number of fused-ring (bicyclic) bond motifs is 1. The predicted octanol–water partition coefficient (Wildman–Crippen LogP) is 5.42. The Kier molecular flexibility index (Phi) is 5.22. The molecule has 1 unspecified atom stereocenters. The lowest BCUT2D eigenvalue weighted by atomic mass is 9.83. The van der Waals surface area contributed by atoms with Crippen LogP contribution < -0.4 is 5.32 Å². The molecule has 7 heteroatoms. The summed E-state index contributed by atoms with van der Waals surface area (Å²) in [6.45, 7) is 11.4. The van der Waals surface area contributed by atoms with Gasteiger partial charge in [0.1, 0.15) is 0 Å². The average molecular weight is 401 g/mol. The number of halogens is 1. The summed E-state index contributed by atoms with van der Waals surface area (Å²) >= 11 is 6.46. The number of aromatic nitrogens is 2. The largest absolute Gasteiger partial charge is 0.411 e. The van der Waals surface area contributed by atoms with Crippen molar-refractivity contribution in [2.75, 3.05) is 11.9 Å². The van der Waals surface area contributed by atoms with Crippen LogP contribution in [-0.4, -0.2) is 25.1 Å². The van der Waals surface area contributed by atoms with E-state index in [1.165, 1.54) is 0 Å². The molecule has 3 rings (SSSR count). The summed E-state index contributed by atoms with van der Waals surface area (Å²) in [5.41, 5.74) is 3.18. The molecule has 1 aliphatic rings. The van der Waals surface area contributed by atoms with Crippen molar-refractivity contribution in [1.82, 2.24) is 10.2 Å². The third-order valence-corrected chi connectivity index (χ3v) is 10.4. The lowest BCUT2D eigenvalue weighted by molar-refractivity contribution is 0.318. The second-order valence-electron chi connectivity index (χ2n) is 8.32. The van der Waals surface area contributed by atoms with E-state index in [4.69, 9.17) is 16.0 Å². The minimum absolute atomic E-state index is 0.0919. The summed E-state index contributed by atoms with van der Waals surface area (Å²) in [5.74, 6) is 0.449. The number of nitrogens with one attached hydrogen (secondary N) is 2. The molecule has 0 saturated heterocycles. The van der Waals surface area contributed by atoms with Gasteiger partial charge in [0, 0.05) is 16.8 Å². The maximum absolute atomic E-state index is 9.97. The summed E-state index contributed by atoms with van der Waals surface area (Å²) in [6.07, 6.45) is 1.82. The summed E-state index contributed by atoms with van der Waals surface area (Å²) in [4.78, 5) is 0. The third-order valence-electron chi connectivity index (χ3n) is 5.58. The minimum Gasteiger partial charge on any atom is -0.411 e. The van der Waals surface area contributed by atoms with Gasteiger partial charge in [-0.05, 0) is 29.8 Å². The summed E-state index contributed by atoms with van der Waals surface area (Å²) in [5, 5.41) is 21.2. The van der Waals surface area contributed by atoms with Gasteiger partial charge in [-0.3, -0.25) is 5.10 Å². The molecule has 27 heavy (non-hydrogen) atoms. The van der Waals surface area contributed by atoms with Gasteiger partial charge in [-0.1, -0.05) is 50.6 Å². The van der Waals surface area contributed by atoms with Crippen molar-refractivity contribution >= 4 is 25.7 Å². The van der Waals surface area contributed by atoms with Crippen LogP contribution in [0.25, 0.3) is 0 Å². The Balaban J connectivity index is 2.03. The van der Waals surface area contributed by atoms with Crippen molar-refractivity contribution < 1.29 is 4.43 Å². The quantitative estimate of drug-likeness (QED) is 0.672. The molecule has 0 aliphatic carbocycles. The molecule has 0 bridgehead atoms. The van der Waals surface area contributed by atoms with Gasteiger partial charge in [-0.25, -0.2) is 0 Å². The molecule has 1 aromatic carbocycles. The highest BCUT2D eigenvalue weighted by Crippen LogP contribution is 2.43. The first-order valence-corrected chi connectivity index (χ1v) is 12.3. The van der Waals surface area contributed by atoms with Gasteiger partial charge in [-0.15, -0.1) is 0 Å². The van der Waals surface area contributed by atoms with Crippen molar-refractivity contribution in [3.05, 3.63) is 57.9 Å². The molecule has 142 valence electrons. The molecule has 2 heterocycles. The number of nitriles is 1. The minimum atomic E-state index is -1.96. The Morgan fingerprint density at radius 2 is 1.96 bits per heavy atom. The molecular formula is C20H25ClN4OSi. The van der Waals surface area contributed by atoms with Crippen molar-refractivity contribution in [3.8, 4) is 6.07 Å². The van der Waals surface area contributed by atoms with Gasteiger partial charge < -0.3 is 9.74 Å². The fraction of sp³-hybridized carbons (Fsp3) is 0.400. The van der Waals surface area contributed by atoms with Crippen LogP contribution >= 0.6 is 11.6 Å². The molecule has 2 N–H and O–H groups in total. The number of anilines is 1. The molecule has 0 amide bonds. The van der Waals surface area contributed by atoms with Crippen LogP contribution in [0.1, 0.15) is 37.8 Å². The van der Waals surface area contributed by atoms with Crippen molar-refractivity contribution in [3.63, 3.8) is 0 Å². The molecule has 1 aromatic heterocycles. The van der Waals surface area contributed by atoms with Crippen molar-refractivity contribution in [2.24, 2.45) is 0 Å². The van der Waals surface area contributed by atoms with Crippen LogP contribution in [0.5, 0.6) is 0 Å². The fourth-order valence-corrected chi connectivity index (χ4v) is 4.09. The highest BCUT2D eigenvalue weighted by Gasteiger charge is 2.39. The van der Waals surface area contributed by atoms with Gasteiger partial charge in [0.25, 0.3) is 0 Å². The summed E-state index contributed by atoms with van der Waals surface area (Å²) in [7, 11) is -1.96. The number of allylic oxidation sites excluding steroid dienone is 1. The van der Waals surface area contributed by atoms with E-state index in [0.717, 1.165) is 16.8 Å². The zero-order chi connectivity index (χ0) is 19.8. The van der Waals surface area contributed by atoms with Gasteiger partial charge in [0.15, 0.2) is 14.1 Å². The van der Waals surface area contributed by atoms with E-state index in [9.17, 15) is 5.26 Å². The number of hydrogen-bond donors (Lipinski definition) is 2. The molecule has 0 spiro atoms. The average Bonchev–Trinajstić information content (AvgIpc) is 3.06. The van der Waals surface area contributed by atoms with Crippen LogP contribution in [0.3, 0.4) is 0 Å². The summed E-state index contributed by atoms with van der Waals surface area (Å²) in [6, 6.07) is 10.0. The molecule has 0 radical (unpaired) electrons. The lowest BCUT2D eigenvalue weighted by Crippen LogP contribution is -2.42. The third kappa shape index (κ3) is 3.68. The first-order chi connectivity index (χ1) is 12.7. The molecule has 5 nitrogen and oxygen atoms in total. The monoisotopic (exact) mass is 400 g/mol. The number of benzene rings is 1. The maximum Gasteiger partial charge on any atom is 0.192 e. The second-order valence-corrected chi connectivity index (χ2v) is 13.5. The van der Waals surface area contributed by atoms with E-state index in [1.54, 1.807) is 0 Å².